The van der Waals surface area contributed by atoms with Gasteiger partial charge in [-0.15, -0.1) is 21.5 Å². The number of aromatic nitrogens is 2. The zero-order chi connectivity index (χ0) is 18.7. The molecule has 0 radical (unpaired) electrons. The summed E-state index contributed by atoms with van der Waals surface area (Å²) in [6, 6.07) is 1.85. The van der Waals surface area contributed by atoms with Crippen molar-refractivity contribution in [3.8, 4) is 5.06 Å². The van der Waals surface area contributed by atoms with E-state index in [-0.39, 0.29) is 28.6 Å². The smallest absolute Gasteiger partial charge is 0.369 e. The lowest BCUT2D eigenvalue weighted by atomic mass is 10.1. The summed E-state index contributed by atoms with van der Waals surface area (Å²) in [5.74, 6) is -1.17. The molecule has 11 heteroatoms. The summed E-state index contributed by atoms with van der Waals surface area (Å²) in [5, 5.41) is 11.0. The molecule has 0 unspecified atom stereocenters. The summed E-state index contributed by atoms with van der Waals surface area (Å²) >= 11 is 2.42. The van der Waals surface area contributed by atoms with E-state index in [2.05, 4.69) is 20.3 Å². The van der Waals surface area contributed by atoms with Crippen LogP contribution in [-0.2, 0) is 27.3 Å². The molecule has 0 atom stereocenters. The standard InChI is InChI=1S/C15H16N4O5S2/c1-8(20)24-12-5-9-6-19(4-3-10(9)25-12)7-11(21)16-15-18-17-13(26-15)14(22)23-2/h5H,3-4,6-7H2,1-2H3,(H,16,18,21). The highest BCUT2D eigenvalue weighted by atomic mass is 32.1. The Morgan fingerprint density at radius 3 is 2.85 bits per heavy atom. The van der Waals surface area contributed by atoms with E-state index in [0.717, 1.165) is 29.9 Å². The number of rotatable bonds is 5. The van der Waals surface area contributed by atoms with E-state index in [1.165, 1.54) is 30.2 Å². The summed E-state index contributed by atoms with van der Waals surface area (Å²) in [6.45, 7) is 2.88. The number of ether oxygens (including phenoxy) is 2. The van der Waals surface area contributed by atoms with E-state index in [1.807, 2.05) is 11.0 Å². The SMILES string of the molecule is COC(=O)c1nnc(NC(=O)CN2CCc3sc(OC(C)=O)cc3C2)s1. The fraction of sp³-hybridized carbons (Fsp3) is 0.400. The Bertz CT molecular complexity index is 847. The predicted molar refractivity (Wildman–Crippen MR) is 94.5 cm³/mol. The Morgan fingerprint density at radius 2 is 2.12 bits per heavy atom. The second-order valence-corrected chi connectivity index (χ2v) is 7.60. The highest BCUT2D eigenvalue weighted by Crippen LogP contribution is 2.33. The van der Waals surface area contributed by atoms with E-state index >= 15 is 0 Å². The van der Waals surface area contributed by atoms with Crippen LogP contribution in [-0.4, -0.2) is 53.1 Å². The Kier molecular flexibility index (Phi) is 5.59. The van der Waals surface area contributed by atoms with Gasteiger partial charge in [0.1, 0.15) is 0 Å². The molecule has 9 nitrogen and oxygen atoms in total. The fourth-order valence-electron chi connectivity index (χ4n) is 2.50. The number of nitrogens with zero attached hydrogens (tertiary/aromatic N) is 3. The normalized spacial score (nSPS) is 13.8. The first-order chi connectivity index (χ1) is 12.4. The Morgan fingerprint density at radius 1 is 1.31 bits per heavy atom. The van der Waals surface area contributed by atoms with E-state index in [4.69, 9.17) is 4.74 Å². The zero-order valence-electron chi connectivity index (χ0n) is 14.1. The molecule has 0 bridgehead atoms. The number of hydrogen-bond acceptors (Lipinski definition) is 10. The van der Waals surface area contributed by atoms with Gasteiger partial charge in [0.05, 0.1) is 13.7 Å². The molecular formula is C15H16N4O5S2. The molecule has 3 rings (SSSR count). The topological polar surface area (TPSA) is 111 Å². The molecule has 1 N–H and O–H groups in total. The molecule has 0 spiro atoms. The summed E-state index contributed by atoms with van der Waals surface area (Å²) < 4.78 is 9.68. The van der Waals surface area contributed by atoms with Crippen LogP contribution in [0.2, 0.25) is 0 Å². The number of carbonyl (C=O) groups excluding carboxylic acids is 3. The second kappa shape index (κ2) is 7.89. The van der Waals surface area contributed by atoms with E-state index in [9.17, 15) is 14.4 Å². The molecule has 1 aliphatic rings. The number of nitrogens with one attached hydrogen (secondary N) is 1. The number of thiophene rings is 1. The van der Waals surface area contributed by atoms with Crippen molar-refractivity contribution in [2.45, 2.75) is 19.9 Å². The number of esters is 2. The van der Waals surface area contributed by atoms with Crippen molar-refractivity contribution < 1.29 is 23.9 Å². The molecular weight excluding hydrogens is 380 g/mol. The highest BCUT2D eigenvalue weighted by Gasteiger charge is 2.22. The van der Waals surface area contributed by atoms with Crippen molar-refractivity contribution in [1.82, 2.24) is 15.1 Å². The first kappa shape index (κ1) is 18.4. The molecule has 1 amide bonds. The van der Waals surface area contributed by atoms with Crippen LogP contribution in [0.3, 0.4) is 0 Å². The summed E-state index contributed by atoms with van der Waals surface area (Å²) in [4.78, 5) is 37.8. The van der Waals surface area contributed by atoms with Crippen LogP contribution in [0.4, 0.5) is 5.13 Å². The van der Waals surface area contributed by atoms with Crippen LogP contribution in [0.5, 0.6) is 5.06 Å². The maximum atomic E-state index is 12.2. The van der Waals surface area contributed by atoms with Crippen molar-refractivity contribution in [3.63, 3.8) is 0 Å². The Hall–Kier alpha value is -2.37. The molecule has 3 heterocycles. The quantitative estimate of drug-likeness (QED) is 0.753. The van der Waals surface area contributed by atoms with E-state index in [1.54, 1.807) is 0 Å². The third-order valence-electron chi connectivity index (χ3n) is 3.57. The summed E-state index contributed by atoms with van der Waals surface area (Å²) in [7, 11) is 1.25. The Balaban J connectivity index is 1.55. The molecule has 26 heavy (non-hydrogen) atoms. The van der Waals surface area contributed by atoms with Crippen molar-refractivity contribution in [2.24, 2.45) is 0 Å². The van der Waals surface area contributed by atoms with Gasteiger partial charge in [-0.2, -0.15) is 0 Å². The van der Waals surface area contributed by atoms with E-state index in [0.29, 0.717) is 11.6 Å². The lowest BCUT2D eigenvalue weighted by Crippen LogP contribution is -2.36. The predicted octanol–water partition coefficient (Wildman–Crippen LogP) is 1.31. The largest absolute Gasteiger partial charge is 0.464 e. The molecule has 1 aliphatic heterocycles. The van der Waals surface area contributed by atoms with Gasteiger partial charge >= 0.3 is 11.9 Å². The summed E-state index contributed by atoms with van der Waals surface area (Å²) in [6.07, 6.45) is 0.792. The van der Waals surface area contributed by atoms with Gasteiger partial charge in [-0.3, -0.25) is 19.8 Å². The van der Waals surface area contributed by atoms with Crippen LogP contribution in [0.15, 0.2) is 6.07 Å². The van der Waals surface area contributed by atoms with Crippen LogP contribution in [0.25, 0.3) is 0 Å². The lowest BCUT2D eigenvalue weighted by Gasteiger charge is -2.25. The van der Waals surface area contributed by atoms with Crippen molar-refractivity contribution >= 4 is 45.7 Å². The molecule has 0 fully saturated rings. The fourth-order valence-corrected chi connectivity index (χ4v) is 4.23. The van der Waals surface area contributed by atoms with Gasteiger partial charge in [-0.05, 0) is 18.1 Å². The van der Waals surface area contributed by atoms with Gasteiger partial charge in [0, 0.05) is 24.9 Å². The van der Waals surface area contributed by atoms with Gasteiger partial charge in [-0.1, -0.05) is 11.3 Å². The zero-order valence-corrected chi connectivity index (χ0v) is 15.7. The minimum absolute atomic E-state index is 0.0849. The molecule has 0 aromatic carbocycles. The minimum atomic E-state index is -0.590. The van der Waals surface area contributed by atoms with Crippen LogP contribution in [0, 0.1) is 0 Å². The lowest BCUT2D eigenvalue weighted by molar-refractivity contribution is -0.131. The number of fused-ring (bicyclic) bond motifs is 1. The third-order valence-corrected chi connectivity index (χ3v) is 5.50. The average Bonchev–Trinajstić information content (AvgIpc) is 3.19. The molecule has 2 aromatic rings. The van der Waals surface area contributed by atoms with Gasteiger partial charge in [0.25, 0.3) is 0 Å². The highest BCUT2D eigenvalue weighted by molar-refractivity contribution is 7.17. The van der Waals surface area contributed by atoms with Crippen molar-refractivity contribution in [2.75, 3.05) is 25.5 Å². The van der Waals surface area contributed by atoms with E-state index < -0.39 is 5.97 Å². The maximum absolute atomic E-state index is 12.2. The molecule has 0 saturated heterocycles. The maximum Gasteiger partial charge on any atom is 0.369 e. The summed E-state index contributed by atoms with van der Waals surface area (Å²) in [5.41, 5.74) is 1.06. The molecule has 0 aliphatic carbocycles. The molecule has 138 valence electrons. The van der Waals surface area contributed by atoms with Gasteiger partial charge in [0.15, 0.2) is 5.06 Å². The molecule has 2 aromatic heterocycles. The van der Waals surface area contributed by atoms with Crippen molar-refractivity contribution in [3.05, 3.63) is 21.5 Å². The number of methoxy groups -OCH3 is 1. The first-order valence-corrected chi connectivity index (χ1v) is 9.32. The number of carbonyl (C=O) groups is 3. The van der Waals surface area contributed by atoms with Gasteiger partial charge in [-0.25, -0.2) is 4.79 Å². The Labute approximate surface area is 156 Å². The van der Waals surface area contributed by atoms with Gasteiger partial charge < -0.3 is 9.47 Å². The average molecular weight is 396 g/mol. The van der Waals surface area contributed by atoms with Crippen molar-refractivity contribution in [1.29, 1.82) is 0 Å². The van der Waals surface area contributed by atoms with Crippen LogP contribution < -0.4 is 10.1 Å². The monoisotopic (exact) mass is 396 g/mol. The van der Waals surface area contributed by atoms with Crippen LogP contribution >= 0.6 is 22.7 Å². The van der Waals surface area contributed by atoms with Gasteiger partial charge in [0.2, 0.25) is 16.0 Å². The number of amides is 1. The number of anilines is 1. The van der Waals surface area contributed by atoms with Crippen LogP contribution in [0.1, 0.15) is 27.2 Å². The first-order valence-electron chi connectivity index (χ1n) is 7.68. The second-order valence-electron chi connectivity index (χ2n) is 5.52. The number of hydrogen-bond donors (Lipinski definition) is 1. The minimum Gasteiger partial charge on any atom is -0.464 e. The third kappa shape index (κ3) is 4.42. The molecule has 0 saturated carbocycles.